The number of rotatable bonds is 4. The Morgan fingerprint density at radius 2 is 2.16 bits per heavy atom. The van der Waals surface area contributed by atoms with Gasteiger partial charge in [-0.25, -0.2) is 15.8 Å². The van der Waals surface area contributed by atoms with E-state index in [9.17, 15) is 0 Å². The molecule has 0 unspecified atom stereocenters. The molecule has 25 heavy (non-hydrogen) atoms. The molecule has 0 aliphatic rings. The topological polar surface area (TPSA) is 98.9 Å². The summed E-state index contributed by atoms with van der Waals surface area (Å²) in [5.74, 6) is 6.83. The third-order valence-electron chi connectivity index (χ3n) is 3.95. The van der Waals surface area contributed by atoms with Gasteiger partial charge in [0.2, 0.25) is 0 Å². The number of aromatic nitrogens is 4. The van der Waals surface area contributed by atoms with E-state index in [0.717, 1.165) is 27.0 Å². The van der Waals surface area contributed by atoms with Gasteiger partial charge in [0.15, 0.2) is 5.82 Å². The molecule has 4 heterocycles. The Hall–Kier alpha value is -2.97. The standard InChI is InChI=1S/C17H17N7S/c1-23-8-11(7-21-23)15-5-4-14(18)16(22-15)24(19)9-12-10-25-17-13(12)3-2-6-20-17/h2-8,10H,9,18-19H2,1H3. The highest BCUT2D eigenvalue weighted by Gasteiger charge is 2.14. The molecular formula is C17H17N7S. The molecule has 7 nitrogen and oxygen atoms in total. The molecule has 0 atom stereocenters. The average molecular weight is 351 g/mol. The summed E-state index contributed by atoms with van der Waals surface area (Å²) in [6, 6.07) is 7.66. The molecule has 0 radical (unpaired) electrons. The van der Waals surface area contributed by atoms with E-state index in [1.54, 1.807) is 33.4 Å². The van der Waals surface area contributed by atoms with Gasteiger partial charge >= 0.3 is 0 Å². The monoisotopic (exact) mass is 351 g/mol. The van der Waals surface area contributed by atoms with E-state index in [1.807, 2.05) is 37.5 Å². The molecule has 0 saturated heterocycles. The van der Waals surface area contributed by atoms with Crippen molar-refractivity contribution >= 4 is 33.1 Å². The first kappa shape index (κ1) is 15.6. The van der Waals surface area contributed by atoms with Crippen LogP contribution in [0.25, 0.3) is 21.5 Å². The number of hydrogen-bond donors (Lipinski definition) is 2. The molecule has 0 aliphatic carbocycles. The van der Waals surface area contributed by atoms with Gasteiger partial charge in [0.1, 0.15) is 4.83 Å². The van der Waals surface area contributed by atoms with E-state index in [-0.39, 0.29) is 0 Å². The zero-order valence-corrected chi connectivity index (χ0v) is 14.4. The Morgan fingerprint density at radius 3 is 2.96 bits per heavy atom. The van der Waals surface area contributed by atoms with Crippen molar-refractivity contribution in [3.8, 4) is 11.3 Å². The summed E-state index contributed by atoms with van der Waals surface area (Å²) in [6.07, 6.45) is 5.46. The van der Waals surface area contributed by atoms with Crippen molar-refractivity contribution in [1.82, 2.24) is 19.7 Å². The SMILES string of the molecule is Cn1cc(-c2ccc(N)c(N(N)Cc3csc4ncccc34)n2)cn1. The molecule has 4 aromatic rings. The predicted molar refractivity (Wildman–Crippen MR) is 101 cm³/mol. The molecule has 0 fully saturated rings. The van der Waals surface area contributed by atoms with Gasteiger partial charge in [-0.3, -0.25) is 9.69 Å². The number of nitrogens with zero attached hydrogens (tertiary/aromatic N) is 5. The number of hydrazine groups is 1. The quantitative estimate of drug-likeness (QED) is 0.433. The van der Waals surface area contributed by atoms with Crippen LogP contribution in [-0.2, 0) is 13.6 Å². The van der Waals surface area contributed by atoms with E-state index in [2.05, 4.69) is 20.4 Å². The fraction of sp³-hybridized carbons (Fsp3) is 0.118. The Morgan fingerprint density at radius 1 is 1.28 bits per heavy atom. The second-order valence-corrected chi connectivity index (χ2v) is 6.62. The summed E-state index contributed by atoms with van der Waals surface area (Å²) in [5, 5.41) is 8.92. The minimum Gasteiger partial charge on any atom is -0.396 e. The molecule has 0 aromatic carbocycles. The van der Waals surface area contributed by atoms with Gasteiger partial charge in [-0.15, -0.1) is 11.3 Å². The van der Waals surface area contributed by atoms with Crippen molar-refractivity contribution in [3.05, 3.63) is 53.8 Å². The molecule has 0 aliphatic heterocycles. The summed E-state index contributed by atoms with van der Waals surface area (Å²) in [5.41, 5.74) is 9.44. The van der Waals surface area contributed by atoms with Gasteiger partial charge in [0.05, 0.1) is 24.1 Å². The largest absolute Gasteiger partial charge is 0.396 e. The van der Waals surface area contributed by atoms with Gasteiger partial charge in [-0.1, -0.05) is 6.07 Å². The van der Waals surface area contributed by atoms with Crippen molar-refractivity contribution in [2.45, 2.75) is 6.54 Å². The van der Waals surface area contributed by atoms with Crippen molar-refractivity contribution < 1.29 is 0 Å². The number of nitrogen functional groups attached to an aromatic ring is 1. The lowest BCUT2D eigenvalue weighted by atomic mass is 10.2. The Labute approximate surface area is 148 Å². The van der Waals surface area contributed by atoms with Crippen LogP contribution in [0.15, 0.2) is 48.2 Å². The molecule has 4 aromatic heterocycles. The predicted octanol–water partition coefficient (Wildman–Crippen LogP) is 2.55. The zero-order chi connectivity index (χ0) is 17.4. The first-order chi connectivity index (χ1) is 12.1. The van der Waals surface area contributed by atoms with Crippen LogP contribution in [0.1, 0.15) is 5.56 Å². The highest BCUT2D eigenvalue weighted by Crippen LogP contribution is 2.28. The summed E-state index contributed by atoms with van der Waals surface area (Å²) in [4.78, 5) is 9.99. The van der Waals surface area contributed by atoms with Crippen LogP contribution >= 0.6 is 11.3 Å². The van der Waals surface area contributed by atoms with Crippen molar-refractivity contribution in [2.75, 3.05) is 10.7 Å². The van der Waals surface area contributed by atoms with Crippen LogP contribution in [-0.4, -0.2) is 19.7 Å². The van der Waals surface area contributed by atoms with E-state index < -0.39 is 0 Å². The minimum absolute atomic E-state index is 0.499. The van der Waals surface area contributed by atoms with Crippen molar-refractivity contribution in [3.63, 3.8) is 0 Å². The lowest BCUT2D eigenvalue weighted by molar-refractivity contribution is 0.768. The van der Waals surface area contributed by atoms with E-state index in [4.69, 9.17) is 11.6 Å². The smallest absolute Gasteiger partial charge is 0.166 e. The van der Waals surface area contributed by atoms with E-state index in [0.29, 0.717) is 18.1 Å². The summed E-state index contributed by atoms with van der Waals surface area (Å²) in [6.45, 7) is 0.499. The maximum absolute atomic E-state index is 6.28. The van der Waals surface area contributed by atoms with Crippen LogP contribution in [0, 0.1) is 0 Å². The molecule has 8 heteroatoms. The van der Waals surface area contributed by atoms with Crippen LogP contribution in [0.3, 0.4) is 0 Å². The minimum atomic E-state index is 0.499. The number of nitrogens with two attached hydrogens (primary N) is 2. The Bertz CT molecular complexity index is 1040. The number of pyridine rings is 2. The highest BCUT2D eigenvalue weighted by atomic mass is 32.1. The maximum Gasteiger partial charge on any atom is 0.166 e. The van der Waals surface area contributed by atoms with Gasteiger partial charge < -0.3 is 5.73 Å². The maximum atomic E-state index is 6.28. The fourth-order valence-corrected chi connectivity index (χ4v) is 3.61. The van der Waals surface area contributed by atoms with E-state index in [1.165, 1.54) is 0 Å². The molecule has 4 rings (SSSR count). The number of thiophene rings is 1. The number of aryl methyl sites for hydroxylation is 1. The molecule has 0 bridgehead atoms. The molecule has 0 spiro atoms. The summed E-state index contributed by atoms with van der Waals surface area (Å²) >= 11 is 1.60. The first-order valence-corrected chi connectivity index (χ1v) is 8.58. The molecular weight excluding hydrogens is 334 g/mol. The average Bonchev–Trinajstić information content (AvgIpc) is 3.22. The van der Waals surface area contributed by atoms with Crippen LogP contribution in [0.4, 0.5) is 11.5 Å². The molecule has 4 N–H and O–H groups in total. The number of hydrogen-bond acceptors (Lipinski definition) is 7. The molecule has 126 valence electrons. The third kappa shape index (κ3) is 2.92. The number of fused-ring (bicyclic) bond motifs is 1. The van der Waals surface area contributed by atoms with Crippen LogP contribution in [0.5, 0.6) is 0 Å². The summed E-state index contributed by atoms with van der Waals surface area (Å²) < 4.78 is 1.73. The van der Waals surface area contributed by atoms with E-state index >= 15 is 0 Å². The Balaban J connectivity index is 1.66. The summed E-state index contributed by atoms with van der Waals surface area (Å²) in [7, 11) is 1.87. The second kappa shape index (κ2) is 6.15. The van der Waals surface area contributed by atoms with Gasteiger partial charge in [-0.05, 0) is 29.1 Å². The van der Waals surface area contributed by atoms with Gasteiger partial charge in [0.25, 0.3) is 0 Å². The highest BCUT2D eigenvalue weighted by molar-refractivity contribution is 7.16. The van der Waals surface area contributed by atoms with Crippen molar-refractivity contribution in [2.24, 2.45) is 12.9 Å². The second-order valence-electron chi connectivity index (χ2n) is 5.76. The zero-order valence-electron chi connectivity index (χ0n) is 13.6. The van der Waals surface area contributed by atoms with Crippen LogP contribution in [0.2, 0.25) is 0 Å². The number of anilines is 2. The lowest BCUT2D eigenvalue weighted by Crippen LogP contribution is -2.31. The van der Waals surface area contributed by atoms with Gasteiger partial charge in [-0.2, -0.15) is 5.10 Å². The fourth-order valence-electron chi connectivity index (χ4n) is 2.70. The van der Waals surface area contributed by atoms with Crippen LogP contribution < -0.4 is 16.6 Å². The molecule has 0 amide bonds. The molecule has 0 saturated carbocycles. The lowest BCUT2D eigenvalue weighted by Gasteiger charge is -2.19. The Kier molecular flexibility index (Phi) is 3.83. The normalized spacial score (nSPS) is 11.1. The first-order valence-electron chi connectivity index (χ1n) is 7.70. The van der Waals surface area contributed by atoms with Crippen molar-refractivity contribution in [1.29, 1.82) is 0 Å². The van der Waals surface area contributed by atoms with Gasteiger partial charge in [0, 0.05) is 30.4 Å². The third-order valence-corrected chi connectivity index (χ3v) is 4.90.